The highest BCUT2D eigenvalue weighted by atomic mass is 19.3. The van der Waals surface area contributed by atoms with Crippen molar-refractivity contribution < 1.29 is 18.3 Å². The zero-order valence-corrected chi connectivity index (χ0v) is 21.2. The van der Waals surface area contributed by atoms with E-state index in [0.29, 0.717) is 86.4 Å². The fourth-order valence-corrected chi connectivity index (χ4v) is 5.02. The molecule has 2 aliphatic heterocycles. The molecule has 0 unspecified atom stereocenters. The summed E-state index contributed by atoms with van der Waals surface area (Å²) in [5.41, 5.74) is 7.91. The molecule has 4 heterocycles. The number of halogens is 2. The summed E-state index contributed by atoms with van der Waals surface area (Å²) in [6.07, 6.45) is -2.81. The average molecular weight is 535 g/mol. The third-order valence-corrected chi connectivity index (χ3v) is 7.03. The quantitative estimate of drug-likeness (QED) is 0.390. The number of amides is 1. The molecule has 2 aromatic carbocycles. The number of rotatable bonds is 5. The number of ether oxygens (including phenoxy) is 1. The van der Waals surface area contributed by atoms with Crippen LogP contribution < -0.4 is 15.5 Å². The predicted molar refractivity (Wildman–Crippen MR) is 144 cm³/mol. The molecule has 0 bridgehead atoms. The van der Waals surface area contributed by atoms with Crippen molar-refractivity contribution in [1.82, 2.24) is 24.4 Å². The molecular weight excluding hydrogens is 506 g/mol. The van der Waals surface area contributed by atoms with Gasteiger partial charge in [0.05, 0.1) is 24.2 Å². The van der Waals surface area contributed by atoms with Crippen molar-refractivity contribution in [3.8, 4) is 5.95 Å². The van der Waals surface area contributed by atoms with Crippen LogP contribution in [0.2, 0.25) is 0 Å². The van der Waals surface area contributed by atoms with Crippen molar-refractivity contribution >= 4 is 34.3 Å². The molecule has 1 amide bonds. The van der Waals surface area contributed by atoms with E-state index in [1.807, 2.05) is 6.07 Å². The zero-order valence-electron chi connectivity index (χ0n) is 21.2. The summed E-state index contributed by atoms with van der Waals surface area (Å²) < 4.78 is 35.1. The molecule has 10 nitrogen and oxygen atoms in total. The number of imidazole rings is 1. The minimum Gasteiger partial charge on any atom is -0.399 e. The number of anilines is 3. The maximum absolute atomic E-state index is 14.1. The summed E-state index contributed by atoms with van der Waals surface area (Å²) in [6, 6.07) is 15.8. The normalized spacial score (nSPS) is 16.3. The van der Waals surface area contributed by atoms with E-state index in [2.05, 4.69) is 14.8 Å². The van der Waals surface area contributed by atoms with Gasteiger partial charge in [0.15, 0.2) is 5.82 Å². The minimum absolute atomic E-state index is 0.0780. The molecule has 2 aromatic heterocycles. The van der Waals surface area contributed by atoms with Gasteiger partial charge in [0.1, 0.15) is 11.6 Å². The number of carbonyl (C=O) groups excluding carboxylic acids is 1. The number of alkyl halides is 2. The van der Waals surface area contributed by atoms with Crippen molar-refractivity contribution in [3.05, 3.63) is 66.0 Å². The molecule has 0 aliphatic carbocycles. The molecule has 0 atom stereocenters. The van der Waals surface area contributed by atoms with Crippen molar-refractivity contribution in [1.29, 1.82) is 0 Å². The Bertz CT molecular complexity index is 1500. The van der Waals surface area contributed by atoms with Crippen LogP contribution in [0.4, 0.5) is 26.1 Å². The lowest BCUT2D eigenvalue weighted by molar-refractivity contribution is 0.0746. The fourth-order valence-electron chi connectivity index (χ4n) is 5.02. The first kappa shape index (κ1) is 25.0. The molecule has 2 aliphatic rings. The van der Waals surface area contributed by atoms with Gasteiger partial charge in [0.2, 0.25) is 5.95 Å². The van der Waals surface area contributed by atoms with Crippen molar-refractivity contribution in [2.24, 2.45) is 0 Å². The van der Waals surface area contributed by atoms with Gasteiger partial charge in [0, 0.05) is 56.6 Å². The first-order chi connectivity index (χ1) is 19.0. The van der Waals surface area contributed by atoms with E-state index in [9.17, 15) is 13.6 Å². The summed E-state index contributed by atoms with van der Waals surface area (Å²) in [5.74, 6) is 0.894. The summed E-state index contributed by atoms with van der Waals surface area (Å²) in [5, 5.41) is 0. The SMILES string of the molecule is Nc1cccc(C(=O)N2CCN(c3cc(N4CCOCC4)nc(-n4c(C(F)F)nc5ccccc54)n3)CC2)c1. The van der Waals surface area contributed by atoms with Crippen LogP contribution in [0.25, 0.3) is 17.0 Å². The lowest BCUT2D eigenvalue weighted by Crippen LogP contribution is -2.49. The van der Waals surface area contributed by atoms with Gasteiger partial charge >= 0.3 is 0 Å². The summed E-state index contributed by atoms with van der Waals surface area (Å²) in [6.45, 7) is 4.38. The van der Waals surface area contributed by atoms with Gasteiger partial charge in [0.25, 0.3) is 12.3 Å². The van der Waals surface area contributed by atoms with E-state index in [-0.39, 0.29) is 11.9 Å². The molecule has 0 saturated carbocycles. The molecule has 202 valence electrons. The summed E-state index contributed by atoms with van der Waals surface area (Å²) in [4.78, 5) is 32.6. The lowest BCUT2D eigenvalue weighted by atomic mass is 10.1. The molecule has 6 rings (SSSR count). The largest absolute Gasteiger partial charge is 0.399 e. The first-order valence-corrected chi connectivity index (χ1v) is 12.9. The Labute approximate surface area is 223 Å². The Morgan fingerprint density at radius 3 is 2.23 bits per heavy atom. The highest BCUT2D eigenvalue weighted by molar-refractivity contribution is 5.95. The second-order valence-corrected chi connectivity index (χ2v) is 9.48. The van der Waals surface area contributed by atoms with Gasteiger partial charge in [-0.2, -0.15) is 9.97 Å². The van der Waals surface area contributed by atoms with Crippen LogP contribution in [0.3, 0.4) is 0 Å². The Morgan fingerprint density at radius 2 is 1.54 bits per heavy atom. The standard InChI is InChI=1S/C27H28F2N8O2/c28-24(29)25-31-20-6-1-2-7-21(20)37(25)27-32-22(17-23(33-27)35-12-14-39-15-13-35)34-8-10-36(11-9-34)26(38)18-4-3-5-19(30)16-18/h1-7,16-17,24H,8-15,30H2. The van der Waals surface area contributed by atoms with Crippen LogP contribution >= 0.6 is 0 Å². The molecular formula is C27H28F2N8O2. The molecule has 0 spiro atoms. The monoisotopic (exact) mass is 534 g/mol. The third-order valence-electron chi connectivity index (χ3n) is 7.03. The third kappa shape index (κ3) is 4.94. The zero-order chi connectivity index (χ0) is 26.9. The van der Waals surface area contributed by atoms with E-state index in [1.165, 1.54) is 4.57 Å². The molecule has 2 fully saturated rings. The Kier molecular flexibility index (Phi) is 6.69. The number of benzene rings is 2. The number of piperazine rings is 1. The minimum atomic E-state index is -2.81. The smallest absolute Gasteiger partial charge is 0.296 e. The molecule has 4 aromatic rings. The second-order valence-electron chi connectivity index (χ2n) is 9.48. The number of nitrogens with two attached hydrogens (primary N) is 1. The predicted octanol–water partition coefficient (Wildman–Crippen LogP) is 3.13. The molecule has 2 saturated heterocycles. The van der Waals surface area contributed by atoms with Crippen molar-refractivity contribution in [3.63, 3.8) is 0 Å². The van der Waals surface area contributed by atoms with Gasteiger partial charge in [-0.25, -0.2) is 13.8 Å². The van der Waals surface area contributed by atoms with Gasteiger partial charge in [-0.15, -0.1) is 0 Å². The first-order valence-electron chi connectivity index (χ1n) is 12.9. The fraction of sp³-hybridized carbons (Fsp3) is 0.333. The van der Waals surface area contributed by atoms with E-state index in [0.717, 1.165) is 0 Å². The van der Waals surface area contributed by atoms with Gasteiger partial charge < -0.3 is 25.2 Å². The Morgan fingerprint density at radius 1 is 0.846 bits per heavy atom. The Balaban J connectivity index is 1.34. The number of hydrogen-bond donors (Lipinski definition) is 1. The molecule has 12 heteroatoms. The number of carbonyl (C=O) groups is 1. The summed E-state index contributed by atoms with van der Waals surface area (Å²) >= 11 is 0. The molecule has 39 heavy (non-hydrogen) atoms. The number of nitrogen functional groups attached to an aromatic ring is 1. The van der Waals surface area contributed by atoms with Crippen LogP contribution in [0, 0.1) is 0 Å². The molecule has 2 N–H and O–H groups in total. The van der Waals surface area contributed by atoms with Crippen molar-refractivity contribution in [2.75, 3.05) is 68.0 Å². The topological polar surface area (TPSA) is 106 Å². The lowest BCUT2D eigenvalue weighted by Gasteiger charge is -2.36. The van der Waals surface area contributed by atoms with Crippen LogP contribution in [0.5, 0.6) is 0 Å². The highest BCUT2D eigenvalue weighted by Gasteiger charge is 2.27. The van der Waals surface area contributed by atoms with Gasteiger partial charge in [-0.05, 0) is 30.3 Å². The number of morpholine rings is 1. The van der Waals surface area contributed by atoms with E-state index in [1.54, 1.807) is 53.4 Å². The second kappa shape index (κ2) is 10.4. The number of hydrogen-bond acceptors (Lipinski definition) is 8. The van der Waals surface area contributed by atoms with Crippen LogP contribution in [-0.4, -0.2) is 82.8 Å². The van der Waals surface area contributed by atoms with Crippen LogP contribution in [0.15, 0.2) is 54.6 Å². The number of fused-ring (bicyclic) bond motifs is 1. The van der Waals surface area contributed by atoms with E-state index in [4.69, 9.17) is 20.4 Å². The van der Waals surface area contributed by atoms with Gasteiger partial charge in [-0.3, -0.25) is 9.36 Å². The maximum Gasteiger partial charge on any atom is 0.296 e. The van der Waals surface area contributed by atoms with Gasteiger partial charge in [-0.1, -0.05) is 18.2 Å². The number of para-hydroxylation sites is 2. The highest BCUT2D eigenvalue weighted by Crippen LogP contribution is 2.29. The summed E-state index contributed by atoms with van der Waals surface area (Å²) in [7, 11) is 0. The van der Waals surface area contributed by atoms with Crippen LogP contribution in [0.1, 0.15) is 22.6 Å². The number of aromatic nitrogens is 4. The van der Waals surface area contributed by atoms with Crippen LogP contribution in [-0.2, 0) is 4.74 Å². The average Bonchev–Trinajstić information content (AvgIpc) is 3.37. The van der Waals surface area contributed by atoms with E-state index >= 15 is 0 Å². The Hall–Kier alpha value is -4.32. The van der Waals surface area contributed by atoms with E-state index < -0.39 is 12.2 Å². The maximum atomic E-state index is 14.1. The van der Waals surface area contributed by atoms with Crippen molar-refractivity contribution in [2.45, 2.75) is 6.43 Å². The molecule has 0 radical (unpaired) electrons. The number of nitrogens with zero attached hydrogens (tertiary/aromatic N) is 7.